The summed E-state index contributed by atoms with van der Waals surface area (Å²) in [5, 5.41) is 5.45. The highest BCUT2D eigenvalue weighted by molar-refractivity contribution is 7.10. The van der Waals surface area contributed by atoms with Crippen LogP contribution in [0, 0.1) is 0 Å². The highest BCUT2D eigenvalue weighted by Crippen LogP contribution is 2.37. The number of carbonyl (C=O) groups is 1. The Balaban J connectivity index is 1.31. The summed E-state index contributed by atoms with van der Waals surface area (Å²) < 4.78 is 10.0. The number of thiazole rings is 1. The Kier molecular flexibility index (Phi) is 7.52. The van der Waals surface area contributed by atoms with Crippen LogP contribution in [0.2, 0.25) is 0 Å². The van der Waals surface area contributed by atoms with E-state index in [1.165, 1.54) is 39.0 Å². The van der Waals surface area contributed by atoms with E-state index in [0.717, 1.165) is 26.9 Å². The van der Waals surface area contributed by atoms with Gasteiger partial charge < -0.3 is 9.30 Å². The SMILES string of the molecule is CCOC(=O)C1=C(c2ccccc2)N=c2s/c(=C\c3cn(Cc4cccc5ccccc45)c4ccccc34)c(=O)n2[C@H]1c1cccs1. The lowest BCUT2D eigenvalue weighted by Crippen LogP contribution is -2.39. The number of aromatic nitrogens is 2. The second-order valence-corrected chi connectivity index (χ2v) is 13.3. The number of carbonyl (C=O) groups excluding carboxylic acids is 1. The zero-order valence-electron chi connectivity index (χ0n) is 25.5. The molecule has 0 aliphatic carbocycles. The number of ether oxygens (including phenoxy) is 1. The zero-order chi connectivity index (χ0) is 31.9. The van der Waals surface area contributed by atoms with E-state index in [4.69, 9.17) is 9.73 Å². The fourth-order valence-electron chi connectivity index (χ4n) is 6.43. The van der Waals surface area contributed by atoms with Gasteiger partial charge in [-0.1, -0.05) is 108 Å². The van der Waals surface area contributed by atoms with Crippen LogP contribution in [0.4, 0.5) is 0 Å². The van der Waals surface area contributed by atoms with E-state index in [0.29, 0.717) is 27.1 Å². The molecule has 0 saturated heterocycles. The van der Waals surface area contributed by atoms with Gasteiger partial charge in [-0.3, -0.25) is 9.36 Å². The topological polar surface area (TPSA) is 65.6 Å². The molecule has 47 heavy (non-hydrogen) atoms. The van der Waals surface area contributed by atoms with Gasteiger partial charge in [0.2, 0.25) is 0 Å². The van der Waals surface area contributed by atoms with E-state index in [-0.39, 0.29) is 12.2 Å². The minimum absolute atomic E-state index is 0.188. The Hall–Kier alpha value is -5.31. The van der Waals surface area contributed by atoms with Crippen LogP contribution in [-0.4, -0.2) is 21.7 Å². The van der Waals surface area contributed by atoms with Crippen LogP contribution in [0.3, 0.4) is 0 Å². The molecular formula is C39H29N3O3S2. The number of esters is 1. The smallest absolute Gasteiger partial charge is 0.338 e. The monoisotopic (exact) mass is 651 g/mol. The summed E-state index contributed by atoms with van der Waals surface area (Å²) in [7, 11) is 0. The van der Waals surface area contributed by atoms with Gasteiger partial charge in [0, 0.05) is 39.6 Å². The number of rotatable bonds is 7. The number of benzene rings is 4. The van der Waals surface area contributed by atoms with Gasteiger partial charge in [0.1, 0.15) is 6.04 Å². The number of fused-ring (bicyclic) bond motifs is 3. The van der Waals surface area contributed by atoms with Crippen LogP contribution in [0.5, 0.6) is 0 Å². The summed E-state index contributed by atoms with van der Waals surface area (Å²) in [6.45, 7) is 2.69. The van der Waals surface area contributed by atoms with Crippen LogP contribution >= 0.6 is 22.7 Å². The molecule has 0 unspecified atom stereocenters. The van der Waals surface area contributed by atoms with Gasteiger partial charge in [-0.2, -0.15) is 0 Å². The Morgan fingerprint density at radius 2 is 1.66 bits per heavy atom. The lowest BCUT2D eigenvalue weighted by atomic mass is 9.97. The van der Waals surface area contributed by atoms with Crippen LogP contribution in [0.15, 0.2) is 136 Å². The standard InChI is InChI=1S/C39H29N3O3S2/c1-2-45-38(44)34-35(26-13-4-3-5-14-26)40-39-42(36(34)32-20-11-21-46-32)37(43)33(47-39)22-28-24-41(31-19-9-8-18-30(28)31)23-27-16-10-15-25-12-6-7-17-29(25)27/h3-22,24,36H,2,23H2,1H3/b33-22-/t36-/m0/s1. The third-order valence-corrected chi connectivity index (χ3v) is 10.4. The molecule has 1 aliphatic heterocycles. The summed E-state index contributed by atoms with van der Waals surface area (Å²) in [6, 6.07) is 36.0. The molecule has 6 nitrogen and oxygen atoms in total. The summed E-state index contributed by atoms with van der Waals surface area (Å²) in [6.07, 6.45) is 4.09. The quantitative estimate of drug-likeness (QED) is 0.172. The van der Waals surface area contributed by atoms with Crippen molar-refractivity contribution in [1.82, 2.24) is 9.13 Å². The molecule has 8 heteroatoms. The second kappa shape index (κ2) is 12.1. The lowest BCUT2D eigenvalue weighted by Gasteiger charge is -2.24. The van der Waals surface area contributed by atoms with Crippen molar-refractivity contribution in [3.8, 4) is 0 Å². The molecular weight excluding hydrogens is 623 g/mol. The van der Waals surface area contributed by atoms with Crippen molar-refractivity contribution in [1.29, 1.82) is 0 Å². The molecule has 7 aromatic rings. The third-order valence-electron chi connectivity index (χ3n) is 8.51. The van der Waals surface area contributed by atoms with Crippen molar-refractivity contribution in [2.75, 3.05) is 6.61 Å². The minimum atomic E-state index is -0.657. The van der Waals surface area contributed by atoms with Crippen LogP contribution in [0.1, 0.15) is 34.5 Å². The summed E-state index contributed by atoms with van der Waals surface area (Å²) in [4.78, 5) is 34.4. The maximum atomic E-state index is 14.4. The van der Waals surface area contributed by atoms with Crippen molar-refractivity contribution in [3.63, 3.8) is 0 Å². The van der Waals surface area contributed by atoms with E-state index >= 15 is 0 Å². The summed E-state index contributed by atoms with van der Waals surface area (Å²) >= 11 is 2.85. The fraction of sp³-hybridized carbons (Fsp3) is 0.103. The molecule has 8 rings (SSSR count). The molecule has 0 N–H and O–H groups in total. The van der Waals surface area contributed by atoms with Gasteiger partial charge in [0.25, 0.3) is 5.56 Å². The van der Waals surface area contributed by atoms with E-state index < -0.39 is 12.0 Å². The zero-order valence-corrected chi connectivity index (χ0v) is 27.1. The van der Waals surface area contributed by atoms with Crippen molar-refractivity contribution < 1.29 is 9.53 Å². The van der Waals surface area contributed by atoms with Crippen molar-refractivity contribution in [2.45, 2.75) is 19.5 Å². The molecule has 0 saturated carbocycles. The first kappa shape index (κ1) is 29.1. The van der Waals surface area contributed by atoms with Crippen LogP contribution in [-0.2, 0) is 16.1 Å². The molecule has 3 aromatic heterocycles. The van der Waals surface area contributed by atoms with Crippen molar-refractivity contribution in [2.24, 2.45) is 4.99 Å². The van der Waals surface area contributed by atoms with Gasteiger partial charge >= 0.3 is 5.97 Å². The van der Waals surface area contributed by atoms with Crippen LogP contribution < -0.4 is 14.9 Å². The number of hydrogen-bond donors (Lipinski definition) is 0. The summed E-state index contributed by atoms with van der Waals surface area (Å²) in [5.41, 5.74) is 4.77. The van der Waals surface area contributed by atoms with Crippen molar-refractivity contribution in [3.05, 3.63) is 168 Å². The van der Waals surface area contributed by atoms with Gasteiger partial charge in [-0.15, -0.1) is 11.3 Å². The molecule has 0 fully saturated rings. The van der Waals surface area contributed by atoms with Gasteiger partial charge in [0.15, 0.2) is 4.80 Å². The Morgan fingerprint density at radius 1 is 0.894 bits per heavy atom. The molecule has 0 amide bonds. The van der Waals surface area contributed by atoms with E-state index in [1.54, 1.807) is 11.5 Å². The number of para-hydroxylation sites is 1. The Bertz CT molecular complexity index is 2500. The fourth-order valence-corrected chi connectivity index (χ4v) is 8.25. The highest BCUT2D eigenvalue weighted by Gasteiger charge is 2.35. The highest BCUT2D eigenvalue weighted by atomic mass is 32.1. The van der Waals surface area contributed by atoms with E-state index in [1.807, 2.05) is 66.1 Å². The first-order chi connectivity index (χ1) is 23.1. The molecule has 0 bridgehead atoms. The average Bonchev–Trinajstić information content (AvgIpc) is 3.84. The van der Waals surface area contributed by atoms with Gasteiger partial charge in [-0.25, -0.2) is 9.79 Å². The molecule has 0 spiro atoms. The number of nitrogens with zero attached hydrogens (tertiary/aromatic N) is 3. The maximum Gasteiger partial charge on any atom is 0.338 e. The second-order valence-electron chi connectivity index (χ2n) is 11.3. The van der Waals surface area contributed by atoms with E-state index in [9.17, 15) is 9.59 Å². The molecule has 0 radical (unpaired) electrons. The molecule has 230 valence electrons. The number of hydrogen-bond acceptors (Lipinski definition) is 6. The number of thiophene rings is 1. The predicted molar refractivity (Wildman–Crippen MR) is 190 cm³/mol. The summed E-state index contributed by atoms with van der Waals surface area (Å²) in [5.74, 6) is -0.473. The Labute approximate surface area is 278 Å². The minimum Gasteiger partial charge on any atom is -0.463 e. The molecule has 4 aromatic carbocycles. The average molecular weight is 652 g/mol. The predicted octanol–water partition coefficient (Wildman–Crippen LogP) is 7.15. The van der Waals surface area contributed by atoms with Crippen molar-refractivity contribution >= 4 is 62.1 Å². The molecule has 1 aliphatic rings. The first-order valence-electron chi connectivity index (χ1n) is 15.5. The lowest BCUT2D eigenvalue weighted by molar-refractivity contribution is -0.138. The molecule has 1 atom stereocenters. The molecule has 4 heterocycles. The van der Waals surface area contributed by atoms with Gasteiger partial charge in [-0.05, 0) is 46.8 Å². The largest absolute Gasteiger partial charge is 0.463 e. The third kappa shape index (κ3) is 5.16. The first-order valence-corrected chi connectivity index (χ1v) is 17.2. The Morgan fingerprint density at radius 3 is 2.47 bits per heavy atom. The van der Waals surface area contributed by atoms with Gasteiger partial charge in [0.05, 0.1) is 22.4 Å². The van der Waals surface area contributed by atoms with E-state index in [2.05, 4.69) is 65.4 Å². The maximum absolute atomic E-state index is 14.4. The van der Waals surface area contributed by atoms with Crippen LogP contribution in [0.25, 0.3) is 33.4 Å². The normalized spacial score (nSPS) is 14.8.